The van der Waals surface area contributed by atoms with Gasteiger partial charge in [-0.2, -0.15) is 0 Å². The maximum absolute atomic E-state index is 5.43. The van der Waals surface area contributed by atoms with Crippen LogP contribution in [-0.4, -0.2) is 28.4 Å². The third-order valence-corrected chi connectivity index (χ3v) is 5.01. The third-order valence-electron chi connectivity index (χ3n) is 4.72. The molecule has 0 saturated heterocycles. The Morgan fingerprint density at radius 1 is 1.21 bits per heavy atom. The van der Waals surface area contributed by atoms with Crippen molar-refractivity contribution in [1.29, 1.82) is 0 Å². The van der Waals surface area contributed by atoms with Crippen LogP contribution >= 0.6 is 12.2 Å². The number of anilines is 1. The molecule has 2 aliphatic rings. The van der Waals surface area contributed by atoms with Crippen LogP contribution in [0.15, 0.2) is 0 Å². The Kier molecular flexibility index (Phi) is 3.91. The summed E-state index contributed by atoms with van der Waals surface area (Å²) in [5.74, 6) is 1.89. The molecular formula is C14H24N4S. The largest absolute Gasteiger partial charge is 0.344 e. The van der Waals surface area contributed by atoms with E-state index in [9.17, 15) is 0 Å². The lowest BCUT2D eigenvalue weighted by molar-refractivity contribution is 0.493. The summed E-state index contributed by atoms with van der Waals surface area (Å²) in [6.07, 6.45) is 10.7. The zero-order valence-corrected chi connectivity index (χ0v) is 12.6. The normalized spacial score (nSPS) is 21.3. The van der Waals surface area contributed by atoms with Crippen LogP contribution in [0.5, 0.6) is 0 Å². The van der Waals surface area contributed by atoms with Gasteiger partial charge in [-0.05, 0) is 43.8 Å². The summed E-state index contributed by atoms with van der Waals surface area (Å²) in [6.45, 7) is 1.12. The van der Waals surface area contributed by atoms with E-state index >= 15 is 0 Å². The molecule has 2 saturated carbocycles. The molecule has 1 N–H and O–H groups in total. The van der Waals surface area contributed by atoms with Crippen molar-refractivity contribution in [3.05, 3.63) is 4.77 Å². The molecule has 1 aromatic rings. The predicted molar refractivity (Wildman–Crippen MR) is 80.1 cm³/mol. The summed E-state index contributed by atoms with van der Waals surface area (Å²) in [4.78, 5) is 2.31. The lowest BCUT2D eigenvalue weighted by Crippen LogP contribution is -2.27. The second kappa shape index (κ2) is 5.65. The monoisotopic (exact) mass is 280 g/mol. The molecule has 0 aromatic carbocycles. The second-order valence-electron chi connectivity index (χ2n) is 6.17. The van der Waals surface area contributed by atoms with Crippen LogP contribution in [0.1, 0.15) is 57.4 Å². The minimum absolute atomic E-state index is 0.562. The fourth-order valence-corrected chi connectivity index (χ4v) is 4.00. The second-order valence-corrected chi connectivity index (χ2v) is 6.55. The fraction of sp³-hybridized carbons (Fsp3) is 0.857. The molecular weight excluding hydrogens is 256 g/mol. The summed E-state index contributed by atoms with van der Waals surface area (Å²) >= 11 is 5.43. The topological polar surface area (TPSA) is 36.9 Å². The highest BCUT2D eigenvalue weighted by Gasteiger charge is 2.24. The van der Waals surface area contributed by atoms with Crippen LogP contribution in [0.3, 0.4) is 0 Å². The summed E-state index contributed by atoms with van der Waals surface area (Å²) in [6, 6.07) is 0.562. The molecule has 19 heavy (non-hydrogen) atoms. The first kappa shape index (κ1) is 13.2. The highest BCUT2D eigenvalue weighted by molar-refractivity contribution is 7.71. The molecule has 0 atom stereocenters. The number of nitrogens with zero attached hydrogens (tertiary/aromatic N) is 3. The molecule has 106 valence electrons. The fourth-order valence-electron chi connectivity index (χ4n) is 3.72. The Labute approximate surface area is 120 Å². The zero-order chi connectivity index (χ0) is 13.2. The van der Waals surface area contributed by atoms with E-state index in [1.54, 1.807) is 0 Å². The SMILES string of the molecule is CN(CC1CCCC1)c1n[nH]c(=S)n1C1CCCC1. The Morgan fingerprint density at radius 3 is 2.53 bits per heavy atom. The minimum Gasteiger partial charge on any atom is -0.344 e. The lowest BCUT2D eigenvalue weighted by Gasteiger charge is -2.24. The van der Waals surface area contributed by atoms with E-state index < -0.39 is 0 Å². The first-order valence-electron chi connectivity index (χ1n) is 7.64. The average Bonchev–Trinajstić information content (AvgIpc) is 3.08. The Bertz CT molecular complexity index is 466. The summed E-state index contributed by atoms with van der Waals surface area (Å²) in [5.41, 5.74) is 0. The van der Waals surface area contributed by atoms with Gasteiger partial charge in [-0.1, -0.05) is 25.7 Å². The summed E-state index contributed by atoms with van der Waals surface area (Å²) < 4.78 is 3.05. The average molecular weight is 280 g/mol. The van der Waals surface area contributed by atoms with Gasteiger partial charge in [0.25, 0.3) is 0 Å². The molecule has 5 heteroatoms. The van der Waals surface area contributed by atoms with Crippen LogP contribution in [0, 0.1) is 10.7 Å². The molecule has 3 rings (SSSR count). The summed E-state index contributed by atoms with van der Waals surface area (Å²) in [5, 5.41) is 7.47. The Hall–Kier alpha value is -0.840. The molecule has 4 nitrogen and oxygen atoms in total. The zero-order valence-electron chi connectivity index (χ0n) is 11.8. The Morgan fingerprint density at radius 2 is 1.84 bits per heavy atom. The molecule has 0 aliphatic heterocycles. The van der Waals surface area contributed by atoms with E-state index in [0.717, 1.165) is 23.2 Å². The highest BCUT2D eigenvalue weighted by Crippen LogP contribution is 2.33. The van der Waals surface area contributed by atoms with Crippen molar-refractivity contribution in [2.24, 2.45) is 5.92 Å². The number of H-pyrrole nitrogens is 1. The molecule has 1 aromatic heterocycles. The van der Waals surface area contributed by atoms with Crippen LogP contribution in [0.25, 0.3) is 0 Å². The third kappa shape index (κ3) is 2.71. The van der Waals surface area contributed by atoms with Gasteiger partial charge >= 0.3 is 0 Å². The summed E-state index contributed by atoms with van der Waals surface area (Å²) in [7, 11) is 2.16. The van der Waals surface area contributed by atoms with Gasteiger partial charge in [-0.3, -0.25) is 4.57 Å². The molecule has 2 aliphatic carbocycles. The van der Waals surface area contributed by atoms with Gasteiger partial charge in [0, 0.05) is 19.6 Å². The van der Waals surface area contributed by atoms with Crippen LogP contribution in [0.2, 0.25) is 0 Å². The number of hydrogen-bond donors (Lipinski definition) is 1. The van der Waals surface area contributed by atoms with E-state index in [-0.39, 0.29) is 0 Å². The van der Waals surface area contributed by atoms with Gasteiger partial charge < -0.3 is 4.90 Å². The van der Waals surface area contributed by atoms with Gasteiger partial charge in [0.05, 0.1) is 0 Å². The smallest absolute Gasteiger partial charge is 0.225 e. The van der Waals surface area contributed by atoms with E-state index in [4.69, 9.17) is 12.2 Å². The first-order chi connectivity index (χ1) is 9.25. The quantitative estimate of drug-likeness (QED) is 0.855. The molecule has 0 amide bonds. The van der Waals surface area contributed by atoms with E-state index in [1.807, 2.05) is 0 Å². The molecule has 0 spiro atoms. The lowest BCUT2D eigenvalue weighted by atomic mass is 10.1. The van der Waals surface area contributed by atoms with E-state index in [2.05, 4.69) is 26.7 Å². The number of nitrogens with one attached hydrogen (secondary N) is 1. The maximum atomic E-state index is 5.43. The van der Waals surface area contributed by atoms with Crippen molar-refractivity contribution < 1.29 is 0 Å². The highest BCUT2D eigenvalue weighted by atomic mass is 32.1. The number of rotatable bonds is 4. The van der Waals surface area contributed by atoms with Gasteiger partial charge in [0.1, 0.15) is 0 Å². The van der Waals surface area contributed by atoms with Gasteiger partial charge in [0.15, 0.2) is 4.77 Å². The van der Waals surface area contributed by atoms with Crippen molar-refractivity contribution in [1.82, 2.24) is 14.8 Å². The minimum atomic E-state index is 0.562. The van der Waals surface area contributed by atoms with Crippen molar-refractivity contribution in [2.75, 3.05) is 18.5 Å². The number of aromatic nitrogens is 3. The van der Waals surface area contributed by atoms with Crippen LogP contribution in [0.4, 0.5) is 5.95 Å². The standard InChI is InChI=1S/C14H24N4S/c1-17(10-11-6-2-3-7-11)13-15-16-14(19)18(13)12-8-4-5-9-12/h11-12H,2-10H2,1H3,(H,16,19). The van der Waals surface area contributed by atoms with Crippen molar-refractivity contribution >= 4 is 18.2 Å². The Balaban J connectivity index is 1.77. The molecule has 0 bridgehead atoms. The van der Waals surface area contributed by atoms with Crippen molar-refractivity contribution in [3.63, 3.8) is 0 Å². The number of aromatic amines is 1. The van der Waals surface area contributed by atoms with Crippen LogP contribution in [-0.2, 0) is 0 Å². The molecule has 0 radical (unpaired) electrons. The molecule has 0 unspecified atom stereocenters. The molecule has 2 fully saturated rings. The maximum Gasteiger partial charge on any atom is 0.225 e. The molecule has 1 heterocycles. The van der Waals surface area contributed by atoms with E-state index in [1.165, 1.54) is 51.4 Å². The van der Waals surface area contributed by atoms with Gasteiger partial charge in [0.2, 0.25) is 5.95 Å². The van der Waals surface area contributed by atoms with Gasteiger partial charge in [-0.15, -0.1) is 5.10 Å². The van der Waals surface area contributed by atoms with Crippen LogP contribution < -0.4 is 4.90 Å². The first-order valence-corrected chi connectivity index (χ1v) is 8.04. The predicted octanol–water partition coefficient (Wildman–Crippen LogP) is 3.68. The van der Waals surface area contributed by atoms with Crippen molar-refractivity contribution in [2.45, 2.75) is 57.4 Å². The number of hydrogen-bond acceptors (Lipinski definition) is 3. The van der Waals surface area contributed by atoms with Crippen molar-refractivity contribution in [3.8, 4) is 0 Å². The van der Waals surface area contributed by atoms with E-state index in [0.29, 0.717) is 6.04 Å². The van der Waals surface area contributed by atoms with Gasteiger partial charge in [-0.25, -0.2) is 5.10 Å².